The fourth-order valence-corrected chi connectivity index (χ4v) is 2.82. The molecule has 1 rings (SSSR count). The molecule has 0 bridgehead atoms. The highest BCUT2D eigenvalue weighted by atomic mass is 32.2. The highest BCUT2D eigenvalue weighted by molar-refractivity contribution is 7.98. The second-order valence-corrected chi connectivity index (χ2v) is 5.83. The minimum absolute atomic E-state index is 0.310. The lowest BCUT2D eigenvalue weighted by atomic mass is 9.88. The fourth-order valence-electron chi connectivity index (χ4n) is 1.44. The molecule has 15 heavy (non-hydrogen) atoms. The van der Waals surface area contributed by atoms with Crippen LogP contribution in [0.25, 0.3) is 0 Å². The maximum absolute atomic E-state index is 5.29. The molecule has 0 aliphatic carbocycles. The van der Waals surface area contributed by atoms with E-state index in [2.05, 4.69) is 26.1 Å². The summed E-state index contributed by atoms with van der Waals surface area (Å²) in [7, 11) is 2.03. The van der Waals surface area contributed by atoms with E-state index in [0.29, 0.717) is 11.5 Å². The van der Waals surface area contributed by atoms with Crippen LogP contribution < -0.4 is 5.32 Å². The van der Waals surface area contributed by atoms with Gasteiger partial charge in [0.2, 0.25) is 0 Å². The Balaban J connectivity index is 2.29. The minimum atomic E-state index is 0.310. The smallest absolute Gasteiger partial charge is 0.113 e. The van der Waals surface area contributed by atoms with Gasteiger partial charge < -0.3 is 9.73 Å². The molecular formula is C12H21NOS. The van der Waals surface area contributed by atoms with Crippen LogP contribution in [-0.4, -0.2) is 18.8 Å². The van der Waals surface area contributed by atoms with Crippen molar-refractivity contribution >= 4 is 11.8 Å². The van der Waals surface area contributed by atoms with Crippen LogP contribution in [0.3, 0.4) is 0 Å². The van der Waals surface area contributed by atoms with Gasteiger partial charge in [-0.05, 0) is 24.6 Å². The number of furan rings is 1. The Morgan fingerprint density at radius 3 is 2.67 bits per heavy atom. The van der Waals surface area contributed by atoms with Crippen molar-refractivity contribution in [3.8, 4) is 0 Å². The summed E-state index contributed by atoms with van der Waals surface area (Å²) < 4.78 is 5.29. The van der Waals surface area contributed by atoms with Gasteiger partial charge in [0, 0.05) is 11.8 Å². The third kappa shape index (κ3) is 4.31. The second kappa shape index (κ2) is 5.61. The topological polar surface area (TPSA) is 25.2 Å². The molecule has 0 aromatic carbocycles. The quantitative estimate of drug-likeness (QED) is 0.836. The van der Waals surface area contributed by atoms with E-state index in [4.69, 9.17) is 4.42 Å². The summed E-state index contributed by atoms with van der Waals surface area (Å²) in [5.41, 5.74) is 0.310. The van der Waals surface area contributed by atoms with Gasteiger partial charge in [0.25, 0.3) is 0 Å². The SMILES string of the molecule is CNC(CSCc1ccco1)C(C)(C)C. The molecule has 0 aliphatic heterocycles. The molecule has 0 saturated heterocycles. The molecule has 0 spiro atoms. The van der Waals surface area contributed by atoms with Gasteiger partial charge in [0.05, 0.1) is 12.0 Å². The average Bonchev–Trinajstić information content (AvgIpc) is 2.62. The Hall–Kier alpha value is -0.410. The van der Waals surface area contributed by atoms with Crippen LogP contribution >= 0.6 is 11.8 Å². The van der Waals surface area contributed by atoms with Crippen molar-refractivity contribution < 1.29 is 4.42 Å². The number of nitrogens with one attached hydrogen (secondary N) is 1. The van der Waals surface area contributed by atoms with Crippen LogP contribution in [0.5, 0.6) is 0 Å². The first kappa shape index (κ1) is 12.7. The standard InChI is InChI=1S/C12H21NOS/c1-12(2,3)11(13-4)9-15-8-10-6-5-7-14-10/h5-7,11,13H,8-9H2,1-4H3. The Morgan fingerprint density at radius 2 is 2.20 bits per heavy atom. The Bertz CT molecular complexity index is 264. The third-order valence-electron chi connectivity index (χ3n) is 2.50. The van der Waals surface area contributed by atoms with Crippen molar-refractivity contribution in [3.63, 3.8) is 0 Å². The molecule has 1 heterocycles. The summed E-state index contributed by atoms with van der Waals surface area (Å²) in [6, 6.07) is 4.51. The molecule has 1 atom stereocenters. The molecule has 2 nitrogen and oxygen atoms in total. The van der Waals surface area contributed by atoms with Crippen LogP contribution in [0.4, 0.5) is 0 Å². The van der Waals surface area contributed by atoms with E-state index in [-0.39, 0.29) is 0 Å². The lowest BCUT2D eigenvalue weighted by Crippen LogP contribution is -2.40. The maximum atomic E-state index is 5.29. The summed E-state index contributed by atoms with van der Waals surface area (Å²) in [5.74, 6) is 3.13. The van der Waals surface area contributed by atoms with E-state index in [1.807, 2.05) is 30.9 Å². The van der Waals surface area contributed by atoms with Crippen LogP contribution in [-0.2, 0) is 5.75 Å². The van der Waals surface area contributed by atoms with Crippen LogP contribution in [0.1, 0.15) is 26.5 Å². The van der Waals surface area contributed by atoms with Gasteiger partial charge in [-0.2, -0.15) is 11.8 Å². The lowest BCUT2D eigenvalue weighted by Gasteiger charge is -2.30. The predicted molar refractivity (Wildman–Crippen MR) is 67.2 cm³/mol. The molecule has 0 amide bonds. The Kier molecular flexibility index (Phi) is 4.74. The number of hydrogen-bond donors (Lipinski definition) is 1. The minimum Gasteiger partial charge on any atom is -0.468 e. The van der Waals surface area contributed by atoms with Crippen molar-refractivity contribution in [2.45, 2.75) is 32.6 Å². The predicted octanol–water partition coefficient (Wildman–Crippen LogP) is 3.15. The molecule has 0 fully saturated rings. The van der Waals surface area contributed by atoms with Crippen molar-refractivity contribution in [1.82, 2.24) is 5.32 Å². The first-order valence-corrected chi connectivity index (χ1v) is 6.47. The molecule has 86 valence electrons. The highest BCUT2D eigenvalue weighted by Crippen LogP contribution is 2.23. The van der Waals surface area contributed by atoms with Gasteiger partial charge in [-0.25, -0.2) is 0 Å². The summed E-state index contributed by atoms with van der Waals surface area (Å²) in [5, 5.41) is 3.37. The monoisotopic (exact) mass is 227 g/mol. The van der Waals surface area contributed by atoms with Crippen molar-refractivity contribution in [3.05, 3.63) is 24.2 Å². The van der Waals surface area contributed by atoms with E-state index >= 15 is 0 Å². The first-order chi connectivity index (χ1) is 7.04. The zero-order chi connectivity index (χ0) is 11.3. The number of thioether (sulfide) groups is 1. The third-order valence-corrected chi connectivity index (χ3v) is 3.56. The van der Waals surface area contributed by atoms with Crippen molar-refractivity contribution in [2.75, 3.05) is 12.8 Å². The summed E-state index contributed by atoms with van der Waals surface area (Å²) in [6.07, 6.45) is 1.73. The molecule has 1 aromatic heterocycles. The normalized spacial score (nSPS) is 14.1. The lowest BCUT2D eigenvalue weighted by molar-refractivity contribution is 0.305. The molecule has 0 radical (unpaired) electrons. The van der Waals surface area contributed by atoms with Gasteiger partial charge >= 0.3 is 0 Å². The Morgan fingerprint density at radius 1 is 1.47 bits per heavy atom. The van der Waals surface area contributed by atoms with Gasteiger partial charge in [-0.15, -0.1) is 0 Å². The van der Waals surface area contributed by atoms with Crippen molar-refractivity contribution in [2.24, 2.45) is 5.41 Å². The molecule has 0 saturated carbocycles. The van der Waals surface area contributed by atoms with Crippen LogP contribution in [0, 0.1) is 5.41 Å². The number of rotatable bonds is 5. The van der Waals surface area contributed by atoms with Gasteiger partial charge in [0.15, 0.2) is 0 Å². The fraction of sp³-hybridized carbons (Fsp3) is 0.667. The second-order valence-electron chi connectivity index (χ2n) is 4.80. The summed E-state index contributed by atoms with van der Waals surface area (Å²) >= 11 is 1.91. The van der Waals surface area contributed by atoms with E-state index in [1.165, 1.54) is 0 Å². The summed E-state index contributed by atoms with van der Waals surface area (Å²) in [6.45, 7) is 6.80. The van der Waals surface area contributed by atoms with E-state index in [1.54, 1.807) is 6.26 Å². The van der Waals surface area contributed by atoms with E-state index in [9.17, 15) is 0 Å². The van der Waals surface area contributed by atoms with Crippen LogP contribution in [0.15, 0.2) is 22.8 Å². The van der Waals surface area contributed by atoms with Crippen molar-refractivity contribution in [1.29, 1.82) is 0 Å². The highest BCUT2D eigenvalue weighted by Gasteiger charge is 2.22. The zero-order valence-corrected chi connectivity index (χ0v) is 10.9. The average molecular weight is 227 g/mol. The molecule has 1 unspecified atom stereocenters. The van der Waals surface area contributed by atoms with Gasteiger partial charge in [-0.3, -0.25) is 0 Å². The zero-order valence-electron chi connectivity index (χ0n) is 10.0. The van der Waals surface area contributed by atoms with Gasteiger partial charge in [0.1, 0.15) is 5.76 Å². The van der Waals surface area contributed by atoms with E-state index < -0.39 is 0 Å². The molecule has 1 N–H and O–H groups in total. The molecule has 3 heteroatoms. The molecule has 0 aliphatic rings. The maximum Gasteiger partial charge on any atom is 0.113 e. The van der Waals surface area contributed by atoms with Gasteiger partial charge in [-0.1, -0.05) is 20.8 Å². The number of hydrogen-bond acceptors (Lipinski definition) is 3. The largest absolute Gasteiger partial charge is 0.468 e. The van der Waals surface area contributed by atoms with Crippen LogP contribution in [0.2, 0.25) is 0 Å². The Labute approximate surface area is 96.8 Å². The molecule has 1 aromatic rings. The summed E-state index contributed by atoms with van der Waals surface area (Å²) in [4.78, 5) is 0. The first-order valence-electron chi connectivity index (χ1n) is 5.31. The van der Waals surface area contributed by atoms with E-state index in [0.717, 1.165) is 17.3 Å². The molecular weight excluding hydrogens is 206 g/mol.